The molecule has 1 rings (SSSR count). The predicted molar refractivity (Wildman–Crippen MR) is 52.0 cm³/mol. The van der Waals surface area contributed by atoms with E-state index in [0.29, 0.717) is 4.88 Å². The molecule has 0 saturated heterocycles. The van der Waals surface area contributed by atoms with Gasteiger partial charge in [0.05, 0.1) is 10.9 Å². The second kappa shape index (κ2) is 4.37. The van der Waals surface area contributed by atoms with Crippen molar-refractivity contribution in [2.75, 3.05) is 6.67 Å². The van der Waals surface area contributed by atoms with Crippen molar-refractivity contribution in [3.05, 3.63) is 21.9 Å². The number of nitrogens with one attached hydrogen (secondary N) is 1. The van der Waals surface area contributed by atoms with E-state index in [0.717, 1.165) is 5.56 Å². The summed E-state index contributed by atoms with van der Waals surface area (Å²) in [4.78, 5) is 12.1. The van der Waals surface area contributed by atoms with Crippen LogP contribution in [0.5, 0.6) is 0 Å². The molecule has 0 fully saturated rings. The first kappa shape index (κ1) is 10.2. The molecule has 0 radical (unpaired) electrons. The Kier molecular flexibility index (Phi) is 3.42. The van der Waals surface area contributed by atoms with Gasteiger partial charge in [0, 0.05) is 0 Å². The summed E-state index contributed by atoms with van der Waals surface area (Å²) in [7, 11) is 0. The van der Waals surface area contributed by atoms with Gasteiger partial charge in [-0.1, -0.05) is 0 Å². The van der Waals surface area contributed by atoms with E-state index in [1.54, 1.807) is 6.92 Å². The lowest BCUT2D eigenvalue weighted by Gasteiger charge is -2.08. The van der Waals surface area contributed by atoms with Gasteiger partial charge >= 0.3 is 0 Å². The average molecular weight is 201 g/mol. The Bertz CT molecular complexity index is 298. The number of hydrogen-bond acceptors (Lipinski definition) is 2. The lowest BCUT2D eigenvalue weighted by atomic mass is 10.2. The normalized spacial score (nSPS) is 12.5. The van der Waals surface area contributed by atoms with E-state index in [1.165, 1.54) is 11.3 Å². The number of amides is 1. The molecule has 0 aromatic carbocycles. The molecule has 0 spiro atoms. The maximum atomic E-state index is 12.1. The maximum absolute atomic E-state index is 12.1. The SMILES string of the molecule is Cc1ccsc1C(=O)NC(C)CF. The van der Waals surface area contributed by atoms with Gasteiger partial charge < -0.3 is 5.32 Å². The highest BCUT2D eigenvalue weighted by atomic mass is 32.1. The van der Waals surface area contributed by atoms with Crippen LogP contribution < -0.4 is 5.32 Å². The van der Waals surface area contributed by atoms with Gasteiger partial charge in [-0.05, 0) is 30.9 Å². The van der Waals surface area contributed by atoms with Crippen molar-refractivity contribution < 1.29 is 9.18 Å². The van der Waals surface area contributed by atoms with Crippen molar-refractivity contribution in [1.29, 1.82) is 0 Å². The molecule has 0 aliphatic rings. The van der Waals surface area contributed by atoms with Crippen LogP contribution in [0.15, 0.2) is 11.4 Å². The Morgan fingerprint density at radius 1 is 1.77 bits per heavy atom. The predicted octanol–water partition coefficient (Wildman–Crippen LogP) is 2.14. The second-order valence-electron chi connectivity index (χ2n) is 2.96. The zero-order chi connectivity index (χ0) is 9.84. The van der Waals surface area contributed by atoms with Crippen LogP contribution in [0, 0.1) is 6.92 Å². The van der Waals surface area contributed by atoms with Crippen molar-refractivity contribution in [1.82, 2.24) is 5.32 Å². The van der Waals surface area contributed by atoms with Crippen molar-refractivity contribution >= 4 is 17.2 Å². The molecule has 1 heterocycles. The molecule has 1 atom stereocenters. The highest BCUT2D eigenvalue weighted by molar-refractivity contribution is 7.12. The molecule has 0 saturated carbocycles. The Labute approximate surface area is 80.8 Å². The molecule has 72 valence electrons. The van der Waals surface area contributed by atoms with E-state index in [4.69, 9.17) is 0 Å². The smallest absolute Gasteiger partial charge is 0.261 e. The minimum absolute atomic E-state index is 0.183. The van der Waals surface area contributed by atoms with Gasteiger partial charge in [0.25, 0.3) is 5.91 Å². The van der Waals surface area contributed by atoms with Gasteiger partial charge in [-0.15, -0.1) is 11.3 Å². The molecule has 13 heavy (non-hydrogen) atoms. The first-order valence-corrected chi connectivity index (χ1v) is 4.94. The molecule has 1 amide bonds. The van der Waals surface area contributed by atoms with E-state index in [2.05, 4.69) is 5.32 Å². The minimum atomic E-state index is -0.532. The van der Waals surface area contributed by atoms with Crippen LogP contribution in [0.25, 0.3) is 0 Å². The standard InChI is InChI=1S/C9H12FNOS/c1-6-3-4-13-8(6)9(12)11-7(2)5-10/h3-4,7H,5H2,1-2H3,(H,11,12). The molecule has 0 aliphatic heterocycles. The van der Waals surface area contributed by atoms with Gasteiger partial charge in [-0.2, -0.15) is 0 Å². The minimum Gasteiger partial charge on any atom is -0.346 e. The topological polar surface area (TPSA) is 29.1 Å². The number of aryl methyl sites for hydroxylation is 1. The number of carbonyl (C=O) groups excluding carboxylic acids is 1. The lowest BCUT2D eigenvalue weighted by Crippen LogP contribution is -2.33. The molecule has 1 N–H and O–H groups in total. The number of alkyl halides is 1. The summed E-state index contributed by atoms with van der Waals surface area (Å²) in [5, 5.41) is 4.42. The Hall–Kier alpha value is -0.900. The van der Waals surface area contributed by atoms with Gasteiger partial charge in [-0.25, -0.2) is 4.39 Å². The molecule has 1 aromatic rings. The second-order valence-corrected chi connectivity index (χ2v) is 3.88. The molecule has 1 aromatic heterocycles. The van der Waals surface area contributed by atoms with Crippen molar-refractivity contribution in [3.63, 3.8) is 0 Å². The fourth-order valence-electron chi connectivity index (χ4n) is 0.933. The van der Waals surface area contributed by atoms with Crippen LogP contribution in [0.2, 0.25) is 0 Å². The van der Waals surface area contributed by atoms with E-state index >= 15 is 0 Å². The Balaban J connectivity index is 2.64. The number of hydrogen-bond donors (Lipinski definition) is 1. The molecule has 1 unspecified atom stereocenters. The zero-order valence-corrected chi connectivity index (χ0v) is 8.45. The van der Waals surface area contributed by atoms with Crippen LogP contribution in [-0.2, 0) is 0 Å². The van der Waals surface area contributed by atoms with Gasteiger partial charge in [0.1, 0.15) is 6.67 Å². The fraction of sp³-hybridized carbons (Fsp3) is 0.444. The number of carbonyl (C=O) groups is 1. The molecular formula is C9H12FNOS. The number of halogens is 1. The largest absolute Gasteiger partial charge is 0.346 e. The molecule has 2 nitrogen and oxygen atoms in total. The number of thiophene rings is 1. The highest BCUT2D eigenvalue weighted by Gasteiger charge is 2.12. The third-order valence-electron chi connectivity index (χ3n) is 1.68. The molecular weight excluding hydrogens is 189 g/mol. The van der Waals surface area contributed by atoms with E-state index < -0.39 is 12.7 Å². The summed E-state index contributed by atoms with van der Waals surface area (Å²) < 4.78 is 12.1. The summed E-state index contributed by atoms with van der Waals surface area (Å²) in [6, 6.07) is 1.47. The third-order valence-corrected chi connectivity index (χ3v) is 2.69. The van der Waals surface area contributed by atoms with Gasteiger partial charge in [0.2, 0.25) is 0 Å². The Morgan fingerprint density at radius 2 is 2.46 bits per heavy atom. The number of rotatable bonds is 3. The van der Waals surface area contributed by atoms with Crippen molar-refractivity contribution in [3.8, 4) is 0 Å². The summed E-state index contributed by atoms with van der Waals surface area (Å²) in [6.07, 6.45) is 0. The van der Waals surface area contributed by atoms with Crippen molar-refractivity contribution in [2.45, 2.75) is 19.9 Å². The molecule has 4 heteroatoms. The third kappa shape index (κ3) is 2.52. The average Bonchev–Trinajstić information content (AvgIpc) is 2.51. The summed E-state index contributed by atoms with van der Waals surface area (Å²) in [6.45, 7) is 2.97. The van der Waals surface area contributed by atoms with Crippen LogP contribution in [0.4, 0.5) is 4.39 Å². The fourth-order valence-corrected chi connectivity index (χ4v) is 1.76. The summed E-state index contributed by atoms with van der Waals surface area (Å²) >= 11 is 1.38. The maximum Gasteiger partial charge on any atom is 0.261 e. The van der Waals surface area contributed by atoms with Gasteiger partial charge in [0.15, 0.2) is 0 Å². The van der Waals surface area contributed by atoms with Gasteiger partial charge in [-0.3, -0.25) is 4.79 Å². The molecule has 0 aliphatic carbocycles. The summed E-state index contributed by atoms with van der Waals surface area (Å²) in [5.74, 6) is -0.183. The van der Waals surface area contributed by atoms with Crippen LogP contribution in [-0.4, -0.2) is 18.6 Å². The first-order valence-electron chi connectivity index (χ1n) is 4.06. The van der Waals surface area contributed by atoms with Crippen LogP contribution in [0.1, 0.15) is 22.2 Å². The summed E-state index contributed by atoms with van der Waals surface area (Å²) in [5.41, 5.74) is 0.938. The quantitative estimate of drug-likeness (QED) is 0.797. The van der Waals surface area contributed by atoms with Crippen molar-refractivity contribution in [2.24, 2.45) is 0 Å². The lowest BCUT2D eigenvalue weighted by molar-refractivity contribution is 0.0937. The van der Waals surface area contributed by atoms with Crippen LogP contribution in [0.3, 0.4) is 0 Å². The molecule has 0 bridgehead atoms. The monoisotopic (exact) mass is 201 g/mol. The van der Waals surface area contributed by atoms with E-state index in [-0.39, 0.29) is 5.91 Å². The Morgan fingerprint density at radius 3 is 2.92 bits per heavy atom. The van der Waals surface area contributed by atoms with Crippen LogP contribution >= 0.6 is 11.3 Å². The van der Waals surface area contributed by atoms with E-state index in [9.17, 15) is 9.18 Å². The van der Waals surface area contributed by atoms with E-state index in [1.807, 2.05) is 18.4 Å². The highest BCUT2D eigenvalue weighted by Crippen LogP contribution is 2.15. The first-order chi connectivity index (χ1) is 6.15. The zero-order valence-electron chi connectivity index (χ0n) is 7.63.